The first-order chi connectivity index (χ1) is 12.6. The highest BCUT2D eigenvalue weighted by atomic mass is 16.2. The van der Waals surface area contributed by atoms with Crippen molar-refractivity contribution < 1.29 is 9.59 Å². The van der Waals surface area contributed by atoms with E-state index in [0.29, 0.717) is 44.3 Å². The topological polar surface area (TPSA) is 82.8 Å². The number of hydrogen-bond donors (Lipinski definition) is 1. The van der Waals surface area contributed by atoms with Gasteiger partial charge in [0.25, 0.3) is 0 Å². The molecule has 0 radical (unpaired) electrons. The van der Waals surface area contributed by atoms with Crippen molar-refractivity contribution in [3.8, 4) is 0 Å². The maximum Gasteiger partial charge on any atom is 0.229 e. The standard InChI is InChI=1S/C18H28N6O2/c1-14-6-9-22(12-15(14)23-10-7-20-13-23)18(19-2)21-8-11-24-16(25)4-3-5-17(24)26/h7,10,13-15H,3-6,8-9,11-12H2,1-2H3,(H,19,21). The first-order valence-corrected chi connectivity index (χ1v) is 9.36. The molecule has 0 saturated carbocycles. The number of amides is 2. The number of likely N-dealkylation sites (tertiary alicyclic amines) is 2. The first kappa shape index (κ1) is 18.4. The van der Waals surface area contributed by atoms with Crippen LogP contribution in [0.15, 0.2) is 23.7 Å². The van der Waals surface area contributed by atoms with Gasteiger partial charge in [-0.15, -0.1) is 0 Å². The molecule has 0 bridgehead atoms. The molecule has 3 heterocycles. The van der Waals surface area contributed by atoms with Crippen LogP contribution in [0, 0.1) is 5.92 Å². The van der Waals surface area contributed by atoms with Crippen LogP contribution in [-0.4, -0.2) is 70.4 Å². The Morgan fingerprint density at radius 1 is 1.35 bits per heavy atom. The molecule has 2 amide bonds. The third-order valence-corrected chi connectivity index (χ3v) is 5.34. The number of rotatable bonds is 4. The predicted molar refractivity (Wildman–Crippen MR) is 98.6 cm³/mol. The highest BCUT2D eigenvalue weighted by Gasteiger charge is 2.29. The molecule has 8 nitrogen and oxygen atoms in total. The summed E-state index contributed by atoms with van der Waals surface area (Å²) in [7, 11) is 1.77. The van der Waals surface area contributed by atoms with Crippen molar-refractivity contribution in [2.75, 3.05) is 33.2 Å². The average molecular weight is 360 g/mol. The van der Waals surface area contributed by atoms with E-state index in [1.165, 1.54) is 4.90 Å². The Kier molecular flexibility index (Phi) is 5.90. The van der Waals surface area contributed by atoms with E-state index >= 15 is 0 Å². The fraction of sp³-hybridized carbons (Fsp3) is 0.667. The van der Waals surface area contributed by atoms with Crippen LogP contribution in [0.4, 0.5) is 0 Å². The van der Waals surface area contributed by atoms with E-state index in [9.17, 15) is 9.59 Å². The lowest BCUT2D eigenvalue weighted by Crippen LogP contribution is -2.51. The molecule has 8 heteroatoms. The lowest BCUT2D eigenvalue weighted by molar-refractivity contribution is -0.147. The van der Waals surface area contributed by atoms with Crippen molar-refractivity contribution in [3.05, 3.63) is 18.7 Å². The Morgan fingerprint density at radius 2 is 2.12 bits per heavy atom. The molecule has 2 aliphatic heterocycles. The monoisotopic (exact) mass is 360 g/mol. The van der Waals surface area contributed by atoms with Gasteiger partial charge in [0.1, 0.15) is 0 Å². The molecule has 142 valence electrons. The van der Waals surface area contributed by atoms with Gasteiger partial charge in [0.2, 0.25) is 11.8 Å². The SMILES string of the molecule is CN=C(NCCN1C(=O)CCCC1=O)N1CCC(C)C(n2ccnc2)C1. The van der Waals surface area contributed by atoms with Crippen LogP contribution < -0.4 is 5.32 Å². The molecule has 0 aliphatic carbocycles. The third-order valence-electron chi connectivity index (χ3n) is 5.34. The van der Waals surface area contributed by atoms with E-state index in [1.807, 2.05) is 18.7 Å². The summed E-state index contributed by atoms with van der Waals surface area (Å²) in [5, 5.41) is 3.31. The molecular weight excluding hydrogens is 332 g/mol. The summed E-state index contributed by atoms with van der Waals surface area (Å²) < 4.78 is 2.16. The molecule has 2 fully saturated rings. The summed E-state index contributed by atoms with van der Waals surface area (Å²) in [4.78, 5) is 36.0. The quantitative estimate of drug-likeness (QED) is 0.490. The van der Waals surface area contributed by atoms with Gasteiger partial charge in [-0.25, -0.2) is 4.98 Å². The van der Waals surface area contributed by atoms with Crippen LogP contribution in [0.3, 0.4) is 0 Å². The molecular formula is C18H28N6O2. The van der Waals surface area contributed by atoms with Gasteiger partial charge in [0, 0.05) is 58.5 Å². The molecule has 1 N–H and O–H groups in total. The van der Waals surface area contributed by atoms with E-state index in [4.69, 9.17) is 0 Å². The van der Waals surface area contributed by atoms with E-state index in [0.717, 1.165) is 25.5 Å². The zero-order valence-electron chi connectivity index (χ0n) is 15.6. The normalized spacial score (nSPS) is 24.9. The third kappa shape index (κ3) is 4.05. The smallest absolute Gasteiger partial charge is 0.229 e. The van der Waals surface area contributed by atoms with Gasteiger partial charge in [0.05, 0.1) is 12.4 Å². The summed E-state index contributed by atoms with van der Waals surface area (Å²) in [5.41, 5.74) is 0. The number of nitrogens with zero attached hydrogens (tertiary/aromatic N) is 5. The summed E-state index contributed by atoms with van der Waals surface area (Å²) in [6, 6.07) is 0.357. The van der Waals surface area contributed by atoms with Crippen LogP contribution >= 0.6 is 0 Å². The van der Waals surface area contributed by atoms with Crippen molar-refractivity contribution in [2.24, 2.45) is 10.9 Å². The molecule has 26 heavy (non-hydrogen) atoms. The molecule has 2 saturated heterocycles. The zero-order chi connectivity index (χ0) is 18.5. The highest BCUT2D eigenvalue weighted by molar-refractivity contribution is 5.97. The minimum atomic E-state index is -0.0648. The number of aliphatic imine (C=N–C) groups is 1. The number of imide groups is 1. The Bertz CT molecular complexity index is 641. The van der Waals surface area contributed by atoms with Crippen molar-refractivity contribution in [2.45, 2.75) is 38.6 Å². The number of piperidine rings is 2. The van der Waals surface area contributed by atoms with E-state index in [1.54, 1.807) is 7.05 Å². The average Bonchev–Trinajstić information content (AvgIpc) is 3.16. The second-order valence-electron chi connectivity index (χ2n) is 7.06. The number of carbonyl (C=O) groups is 2. The summed E-state index contributed by atoms with van der Waals surface area (Å²) in [5.74, 6) is 1.26. The molecule has 2 atom stereocenters. The van der Waals surface area contributed by atoms with Crippen molar-refractivity contribution in [1.29, 1.82) is 0 Å². The summed E-state index contributed by atoms with van der Waals surface area (Å²) in [6.45, 7) is 4.98. The van der Waals surface area contributed by atoms with Gasteiger partial charge in [-0.2, -0.15) is 0 Å². The van der Waals surface area contributed by atoms with Gasteiger partial charge < -0.3 is 14.8 Å². The summed E-state index contributed by atoms with van der Waals surface area (Å²) in [6.07, 6.45) is 8.37. The Hall–Kier alpha value is -2.38. The lowest BCUT2D eigenvalue weighted by Gasteiger charge is -2.39. The minimum absolute atomic E-state index is 0.0648. The zero-order valence-corrected chi connectivity index (χ0v) is 15.6. The largest absolute Gasteiger partial charge is 0.354 e. The maximum atomic E-state index is 11.9. The maximum absolute atomic E-state index is 11.9. The molecule has 0 aromatic carbocycles. The summed E-state index contributed by atoms with van der Waals surface area (Å²) >= 11 is 0. The lowest BCUT2D eigenvalue weighted by atomic mass is 9.93. The number of imidazole rings is 1. The van der Waals surface area contributed by atoms with Crippen LogP contribution in [0.25, 0.3) is 0 Å². The fourth-order valence-electron chi connectivity index (χ4n) is 3.76. The number of carbonyl (C=O) groups excluding carboxylic acids is 2. The predicted octanol–water partition coefficient (Wildman–Crippen LogP) is 0.880. The van der Waals surface area contributed by atoms with Crippen molar-refractivity contribution in [3.63, 3.8) is 0 Å². The second-order valence-corrected chi connectivity index (χ2v) is 7.06. The number of aromatic nitrogens is 2. The minimum Gasteiger partial charge on any atom is -0.354 e. The molecule has 1 aromatic rings. The van der Waals surface area contributed by atoms with Gasteiger partial charge in [0.15, 0.2) is 5.96 Å². The van der Waals surface area contributed by atoms with Gasteiger partial charge in [-0.1, -0.05) is 6.92 Å². The molecule has 2 aliphatic rings. The van der Waals surface area contributed by atoms with Gasteiger partial charge in [-0.3, -0.25) is 19.5 Å². The first-order valence-electron chi connectivity index (χ1n) is 9.36. The second kappa shape index (κ2) is 8.33. The van der Waals surface area contributed by atoms with Crippen LogP contribution in [0.2, 0.25) is 0 Å². The van der Waals surface area contributed by atoms with Crippen molar-refractivity contribution in [1.82, 2.24) is 24.7 Å². The van der Waals surface area contributed by atoms with Gasteiger partial charge >= 0.3 is 0 Å². The molecule has 1 aromatic heterocycles. The molecule has 2 unspecified atom stereocenters. The van der Waals surface area contributed by atoms with Gasteiger partial charge in [-0.05, 0) is 18.8 Å². The Labute approximate surface area is 154 Å². The van der Waals surface area contributed by atoms with E-state index in [-0.39, 0.29) is 11.8 Å². The van der Waals surface area contributed by atoms with Crippen molar-refractivity contribution >= 4 is 17.8 Å². The fourth-order valence-corrected chi connectivity index (χ4v) is 3.76. The number of guanidine groups is 1. The van der Waals surface area contributed by atoms with E-state index in [2.05, 4.69) is 31.7 Å². The molecule has 0 spiro atoms. The highest BCUT2D eigenvalue weighted by Crippen LogP contribution is 2.27. The van der Waals surface area contributed by atoms with Crippen LogP contribution in [-0.2, 0) is 9.59 Å². The number of nitrogens with one attached hydrogen (secondary N) is 1. The number of hydrogen-bond acceptors (Lipinski definition) is 4. The molecule has 3 rings (SSSR count). The van der Waals surface area contributed by atoms with Crippen LogP contribution in [0.5, 0.6) is 0 Å². The Balaban J connectivity index is 1.55. The van der Waals surface area contributed by atoms with Crippen LogP contribution in [0.1, 0.15) is 38.6 Å². The van der Waals surface area contributed by atoms with E-state index < -0.39 is 0 Å². The Morgan fingerprint density at radius 3 is 2.77 bits per heavy atom.